The molecule has 3 aromatic carbocycles. The molecule has 14 heteroatoms. The molecular weight excluding hydrogens is 582 g/mol. The van der Waals surface area contributed by atoms with Crippen LogP contribution in [0.1, 0.15) is 10.4 Å². The highest BCUT2D eigenvalue weighted by molar-refractivity contribution is 7.92. The fourth-order valence-corrected chi connectivity index (χ4v) is 4.64. The van der Waals surface area contributed by atoms with Gasteiger partial charge in [-0.15, -0.1) is 0 Å². The maximum atomic E-state index is 12.6. The quantitative estimate of drug-likeness (QED) is 0.175. The van der Waals surface area contributed by atoms with Gasteiger partial charge >= 0.3 is 6.03 Å². The van der Waals surface area contributed by atoms with E-state index in [9.17, 15) is 18.0 Å². The second-order valence-corrected chi connectivity index (χ2v) is 11.1. The summed E-state index contributed by atoms with van der Waals surface area (Å²) in [7, 11) is -3.46. The third kappa shape index (κ3) is 7.27. The Kier molecular flexibility index (Phi) is 8.13. The number of nitrogens with zero attached hydrogens (tertiary/aromatic N) is 3. The largest absolute Gasteiger partial charge is 0.334 e. The highest BCUT2D eigenvalue weighted by atomic mass is 35.5. The van der Waals surface area contributed by atoms with E-state index in [0.717, 1.165) is 6.26 Å². The topological polar surface area (TPSA) is 168 Å². The van der Waals surface area contributed by atoms with Gasteiger partial charge in [-0.3, -0.25) is 14.5 Å². The first kappa shape index (κ1) is 28.3. The smallest absolute Gasteiger partial charge is 0.323 e. The van der Waals surface area contributed by atoms with Crippen LogP contribution >= 0.6 is 11.6 Å². The highest BCUT2D eigenvalue weighted by Crippen LogP contribution is 2.31. The van der Waals surface area contributed by atoms with Gasteiger partial charge in [-0.25, -0.2) is 13.2 Å². The Morgan fingerprint density at radius 2 is 1.55 bits per heavy atom. The molecule has 0 spiro atoms. The van der Waals surface area contributed by atoms with Crippen LogP contribution in [0.3, 0.4) is 0 Å². The minimum absolute atomic E-state index is 0.193. The predicted octanol–water partition coefficient (Wildman–Crippen LogP) is 5.72. The predicted molar refractivity (Wildman–Crippen MR) is 160 cm³/mol. The highest BCUT2D eigenvalue weighted by Gasteiger charge is 2.16. The molecule has 5 rings (SSSR count). The Bertz CT molecular complexity index is 1880. The molecule has 0 saturated heterocycles. The van der Waals surface area contributed by atoms with Crippen LogP contribution < -0.4 is 20.7 Å². The lowest BCUT2D eigenvalue weighted by Crippen LogP contribution is -2.19. The van der Waals surface area contributed by atoms with Crippen LogP contribution in [-0.4, -0.2) is 41.7 Å². The van der Waals surface area contributed by atoms with Crippen molar-refractivity contribution in [2.24, 2.45) is 0 Å². The number of sulfonamides is 1. The van der Waals surface area contributed by atoms with Crippen molar-refractivity contribution in [1.82, 2.24) is 15.1 Å². The van der Waals surface area contributed by atoms with Crippen molar-refractivity contribution in [1.29, 1.82) is 0 Å². The molecule has 0 radical (unpaired) electrons. The molecule has 0 atom stereocenters. The standard InChI is InChI=1S/C28H22ClN7O5S/c1-42(39,40)36-22-9-3-8-20(14-22)33-28(38)32-19-7-2-5-17(13-19)27-34-25(35-41-27)23-11-10-21(15-24(23)29)31-26(37)18-6-4-12-30-16-18/h2-16,36H,1H3,(H,31,37)(H2,32,33,38). The summed E-state index contributed by atoms with van der Waals surface area (Å²) >= 11 is 6.47. The summed E-state index contributed by atoms with van der Waals surface area (Å²) in [5.41, 5.74) is 3.08. The summed E-state index contributed by atoms with van der Waals surface area (Å²) in [5, 5.41) is 12.5. The van der Waals surface area contributed by atoms with Gasteiger partial charge in [0, 0.05) is 40.6 Å². The van der Waals surface area contributed by atoms with Crippen LogP contribution in [0.25, 0.3) is 22.8 Å². The van der Waals surface area contributed by atoms with Crippen molar-refractivity contribution in [2.75, 3.05) is 26.9 Å². The minimum Gasteiger partial charge on any atom is -0.334 e. The van der Waals surface area contributed by atoms with Crippen molar-refractivity contribution in [3.05, 3.63) is 102 Å². The Morgan fingerprint density at radius 3 is 2.26 bits per heavy atom. The van der Waals surface area contributed by atoms with Gasteiger partial charge in [0.05, 0.1) is 22.5 Å². The molecule has 42 heavy (non-hydrogen) atoms. The number of anilines is 4. The number of hydrogen-bond acceptors (Lipinski definition) is 8. The summed E-state index contributed by atoms with van der Waals surface area (Å²) in [4.78, 5) is 33.3. The molecule has 0 aliphatic heterocycles. The van der Waals surface area contributed by atoms with E-state index in [1.807, 2.05) is 0 Å². The lowest BCUT2D eigenvalue weighted by atomic mass is 10.1. The average molecular weight is 604 g/mol. The van der Waals surface area contributed by atoms with Gasteiger partial charge in [0.1, 0.15) is 0 Å². The zero-order chi connectivity index (χ0) is 29.7. The first-order valence-corrected chi connectivity index (χ1v) is 14.5. The molecule has 0 saturated carbocycles. The number of urea groups is 1. The zero-order valence-corrected chi connectivity index (χ0v) is 23.4. The summed E-state index contributed by atoms with van der Waals surface area (Å²) in [6, 6.07) is 20.7. The van der Waals surface area contributed by atoms with Crippen LogP contribution in [-0.2, 0) is 10.0 Å². The second kappa shape index (κ2) is 12.1. The van der Waals surface area contributed by atoms with Crippen molar-refractivity contribution >= 4 is 56.3 Å². The van der Waals surface area contributed by atoms with Gasteiger partial charge in [0.25, 0.3) is 11.8 Å². The van der Waals surface area contributed by atoms with E-state index in [4.69, 9.17) is 16.1 Å². The van der Waals surface area contributed by atoms with Crippen LogP contribution in [0.5, 0.6) is 0 Å². The normalized spacial score (nSPS) is 11.0. The molecule has 12 nitrogen and oxygen atoms in total. The maximum absolute atomic E-state index is 12.6. The minimum atomic E-state index is -3.46. The van der Waals surface area contributed by atoms with Crippen molar-refractivity contribution < 1.29 is 22.5 Å². The summed E-state index contributed by atoms with van der Waals surface area (Å²) < 4.78 is 30.7. The van der Waals surface area contributed by atoms with E-state index in [1.54, 1.807) is 79.0 Å². The molecule has 0 aliphatic rings. The fourth-order valence-electron chi connectivity index (χ4n) is 3.82. The van der Waals surface area contributed by atoms with Crippen molar-refractivity contribution in [3.8, 4) is 22.8 Å². The Balaban J connectivity index is 1.25. The average Bonchev–Trinajstić information content (AvgIpc) is 3.43. The molecule has 0 bridgehead atoms. The molecule has 4 N–H and O–H groups in total. The summed E-state index contributed by atoms with van der Waals surface area (Å²) in [6.07, 6.45) is 4.08. The Morgan fingerprint density at radius 1 is 0.833 bits per heavy atom. The maximum Gasteiger partial charge on any atom is 0.323 e. The van der Waals surface area contributed by atoms with E-state index in [-0.39, 0.29) is 17.6 Å². The van der Waals surface area contributed by atoms with Gasteiger partial charge in [0.15, 0.2) is 0 Å². The number of carbonyl (C=O) groups excluding carboxylic acids is 2. The zero-order valence-electron chi connectivity index (χ0n) is 21.8. The van der Waals surface area contributed by atoms with Gasteiger partial charge in [0.2, 0.25) is 15.8 Å². The molecular formula is C28H22ClN7O5S. The van der Waals surface area contributed by atoms with Gasteiger partial charge in [-0.2, -0.15) is 4.98 Å². The van der Waals surface area contributed by atoms with Crippen LogP contribution in [0.15, 0.2) is 95.8 Å². The molecule has 0 unspecified atom stereocenters. The SMILES string of the molecule is CS(=O)(=O)Nc1cccc(NC(=O)Nc2cccc(-c3nc(-c4ccc(NC(=O)c5cccnc5)cc4Cl)no3)c2)c1. The molecule has 2 aromatic heterocycles. The number of benzene rings is 3. The number of halogens is 1. The first-order chi connectivity index (χ1) is 20.1. The van der Waals surface area contributed by atoms with Crippen molar-refractivity contribution in [2.45, 2.75) is 0 Å². The lowest BCUT2D eigenvalue weighted by Gasteiger charge is -2.10. The van der Waals surface area contributed by atoms with Gasteiger partial charge in [-0.05, 0) is 66.7 Å². The Labute approximate surface area is 245 Å². The Hall–Kier alpha value is -5.27. The third-order valence-electron chi connectivity index (χ3n) is 5.61. The first-order valence-electron chi connectivity index (χ1n) is 12.2. The number of amides is 3. The molecule has 0 aliphatic carbocycles. The second-order valence-electron chi connectivity index (χ2n) is 8.93. The number of carbonyl (C=O) groups is 2. The van der Waals surface area contributed by atoms with Crippen LogP contribution in [0, 0.1) is 0 Å². The van der Waals surface area contributed by atoms with Crippen molar-refractivity contribution in [3.63, 3.8) is 0 Å². The third-order valence-corrected chi connectivity index (χ3v) is 6.53. The van der Waals surface area contributed by atoms with Crippen LogP contribution in [0.4, 0.5) is 27.5 Å². The monoisotopic (exact) mass is 603 g/mol. The summed E-state index contributed by atoms with van der Waals surface area (Å²) in [5.74, 6) is 0.103. The van der Waals surface area contributed by atoms with E-state index in [2.05, 4.69) is 35.8 Å². The van der Waals surface area contributed by atoms with Gasteiger partial charge in [-0.1, -0.05) is 28.9 Å². The molecule has 5 aromatic rings. The number of nitrogens with one attached hydrogen (secondary N) is 4. The number of hydrogen-bond donors (Lipinski definition) is 4. The lowest BCUT2D eigenvalue weighted by molar-refractivity contribution is 0.102. The van der Waals surface area contributed by atoms with E-state index >= 15 is 0 Å². The fraction of sp³-hybridized carbons (Fsp3) is 0.0357. The van der Waals surface area contributed by atoms with E-state index in [0.29, 0.717) is 44.5 Å². The number of pyridine rings is 1. The van der Waals surface area contributed by atoms with Gasteiger partial charge < -0.3 is 20.5 Å². The molecule has 212 valence electrons. The van der Waals surface area contributed by atoms with E-state index in [1.165, 1.54) is 12.3 Å². The van der Waals surface area contributed by atoms with Crippen LogP contribution in [0.2, 0.25) is 5.02 Å². The molecule has 2 heterocycles. The summed E-state index contributed by atoms with van der Waals surface area (Å²) in [6.45, 7) is 0. The molecule has 3 amide bonds. The molecule has 0 fully saturated rings. The number of aromatic nitrogens is 3. The van der Waals surface area contributed by atoms with E-state index < -0.39 is 16.1 Å². The number of rotatable bonds is 8.